The Labute approximate surface area is 135 Å². The molecule has 1 rings (SSSR count). The van der Waals surface area contributed by atoms with E-state index in [0.717, 1.165) is 13.0 Å². The van der Waals surface area contributed by atoms with Gasteiger partial charge >= 0.3 is 0 Å². The molecule has 0 aromatic heterocycles. The maximum absolute atomic E-state index is 12.0. The Morgan fingerprint density at radius 1 is 1.35 bits per heavy atom. The Hall–Kier alpha value is -2.48. The molecule has 0 saturated carbocycles. The summed E-state index contributed by atoms with van der Waals surface area (Å²) >= 11 is 0. The summed E-state index contributed by atoms with van der Waals surface area (Å²) in [6.07, 6.45) is 0.810. The number of hydrogen-bond acceptors (Lipinski definition) is 5. The Balaban J connectivity index is 2.51. The minimum Gasteiger partial charge on any atom is -0.354 e. The number of hydrogen-bond donors (Lipinski definition) is 2. The molecule has 0 fully saturated rings. The van der Waals surface area contributed by atoms with E-state index in [-0.39, 0.29) is 17.2 Å². The number of carbonyl (C=O) groups excluding carboxylic acids is 2. The van der Waals surface area contributed by atoms with Crippen molar-refractivity contribution in [3.63, 3.8) is 0 Å². The van der Waals surface area contributed by atoms with Crippen molar-refractivity contribution in [2.24, 2.45) is 0 Å². The molecule has 0 spiro atoms. The minimum atomic E-state index is -0.721. The van der Waals surface area contributed by atoms with Crippen molar-refractivity contribution in [1.29, 1.82) is 0 Å². The van der Waals surface area contributed by atoms with Gasteiger partial charge in [-0.1, -0.05) is 6.07 Å². The molecule has 1 aromatic carbocycles. The average Bonchev–Trinajstić information content (AvgIpc) is 2.51. The molecule has 1 atom stereocenters. The van der Waals surface area contributed by atoms with Gasteiger partial charge in [0.15, 0.2) is 0 Å². The van der Waals surface area contributed by atoms with E-state index < -0.39 is 16.9 Å². The van der Waals surface area contributed by atoms with Crippen molar-refractivity contribution in [2.45, 2.75) is 19.4 Å². The van der Waals surface area contributed by atoms with Crippen LogP contribution in [0.2, 0.25) is 0 Å². The highest BCUT2D eigenvalue weighted by atomic mass is 16.6. The molecule has 126 valence electrons. The topological polar surface area (TPSA) is 105 Å². The Kier molecular flexibility index (Phi) is 7.14. The molecule has 1 aromatic rings. The summed E-state index contributed by atoms with van der Waals surface area (Å²) in [6.45, 7) is 2.94. The van der Waals surface area contributed by atoms with E-state index in [0.29, 0.717) is 6.54 Å². The molecule has 2 N–H and O–H groups in total. The molecule has 2 amide bonds. The van der Waals surface area contributed by atoms with Crippen molar-refractivity contribution >= 4 is 17.5 Å². The van der Waals surface area contributed by atoms with Crippen LogP contribution >= 0.6 is 0 Å². The van der Waals surface area contributed by atoms with Crippen LogP contribution in [0, 0.1) is 10.1 Å². The average molecular weight is 322 g/mol. The Bertz CT molecular complexity index is 574. The van der Waals surface area contributed by atoms with E-state index in [1.165, 1.54) is 24.3 Å². The standard InChI is InChI=1S/C15H22N4O4/c1-11(14(20)16-8-5-9-18(2)3)17-15(21)12-6-4-7-13(10-12)19(22)23/h4,6-7,10-11H,5,8-9H2,1-3H3,(H,16,20)(H,17,21). The van der Waals surface area contributed by atoms with E-state index >= 15 is 0 Å². The molecule has 0 bridgehead atoms. The molecule has 23 heavy (non-hydrogen) atoms. The fraction of sp³-hybridized carbons (Fsp3) is 0.467. The van der Waals surface area contributed by atoms with Crippen LogP contribution in [0.3, 0.4) is 0 Å². The first-order chi connectivity index (χ1) is 10.8. The zero-order chi connectivity index (χ0) is 17.4. The van der Waals surface area contributed by atoms with Gasteiger partial charge < -0.3 is 15.5 Å². The molecule has 0 radical (unpaired) electrons. The lowest BCUT2D eigenvalue weighted by Crippen LogP contribution is -2.45. The highest BCUT2D eigenvalue weighted by Crippen LogP contribution is 2.13. The van der Waals surface area contributed by atoms with Crippen molar-refractivity contribution in [3.8, 4) is 0 Å². The quantitative estimate of drug-likeness (QED) is 0.418. The number of nitrogens with zero attached hydrogens (tertiary/aromatic N) is 2. The van der Waals surface area contributed by atoms with E-state index in [1.807, 2.05) is 19.0 Å². The molecule has 0 heterocycles. The molecule has 8 nitrogen and oxygen atoms in total. The number of nitro benzene ring substituents is 1. The normalized spacial score (nSPS) is 11.8. The molecular formula is C15H22N4O4. The van der Waals surface area contributed by atoms with Crippen LogP contribution < -0.4 is 10.6 Å². The third-order valence-corrected chi connectivity index (χ3v) is 3.14. The lowest BCUT2D eigenvalue weighted by Gasteiger charge is -2.15. The second kappa shape index (κ2) is 8.84. The summed E-state index contributed by atoms with van der Waals surface area (Å²) in [5, 5.41) is 16.0. The summed E-state index contributed by atoms with van der Waals surface area (Å²) in [5.74, 6) is -0.813. The second-order valence-corrected chi connectivity index (χ2v) is 5.45. The Morgan fingerprint density at radius 3 is 2.65 bits per heavy atom. The van der Waals surface area contributed by atoms with Gasteiger partial charge in [-0.3, -0.25) is 19.7 Å². The maximum atomic E-state index is 12.0. The summed E-state index contributed by atoms with van der Waals surface area (Å²) < 4.78 is 0. The van der Waals surface area contributed by atoms with E-state index in [9.17, 15) is 19.7 Å². The summed E-state index contributed by atoms with van der Waals surface area (Å²) in [6, 6.07) is 4.65. The fourth-order valence-electron chi connectivity index (χ4n) is 1.87. The van der Waals surface area contributed by atoms with Crippen LogP contribution in [0.15, 0.2) is 24.3 Å². The van der Waals surface area contributed by atoms with Gasteiger partial charge in [0, 0.05) is 24.2 Å². The monoisotopic (exact) mass is 322 g/mol. The molecule has 0 aliphatic heterocycles. The van der Waals surface area contributed by atoms with Gasteiger partial charge in [-0.2, -0.15) is 0 Å². The third-order valence-electron chi connectivity index (χ3n) is 3.14. The number of rotatable bonds is 8. The number of nitrogens with one attached hydrogen (secondary N) is 2. The minimum absolute atomic E-state index is 0.145. The van der Waals surface area contributed by atoms with Crippen molar-refractivity contribution in [2.75, 3.05) is 27.2 Å². The molecule has 8 heteroatoms. The smallest absolute Gasteiger partial charge is 0.270 e. The highest BCUT2D eigenvalue weighted by molar-refractivity contribution is 5.97. The van der Waals surface area contributed by atoms with Gasteiger partial charge in [0.05, 0.1) is 4.92 Å². The number of benzene rings is 1. The molecule has 0 aliphatic carbocycles. The second-order valence-electron chi connectivity index (χ2n) is 5.45. The van der Waals surface area contributed by atoms with Crippen LogP contribution in [0.25, 0.3) is 0 Å². The lowest BCUT2D eigenvalue weighted by molar-refractivity contribution is -0.384. The first-order valence-electron chi connectivity index (χ1n) is 7.29. The molecule has 0 aliphatic rings. The van der Waals surface area contributed by atoms with Gasteiger partial charge in [0.2, 0.25) is 5.91 Å². The first kappa shape index (κ1) is 18.6. The first-order valence-corrected chi connectivity index (χ1v) is 7.29. The van der Waals surface area contributed by atoms with Gasteiger partial charge in [-0.05, 0) is 40.1 Å². The van der Waals surface area contributed by atoms with Crippen LogP contribution in [-0.4, -0.2) is 54.9 Å². The van der Waals surface area contributed by atoms with Gasteiger partial charge in [0.1, 0.15) is 6.04 Å². The number of nitro groups is 1. The summed E-state index contributed by atoms with van der Waals surface area (Å²) in [5.41, 5.74) is -0.0232. The van der Waals surface area contributed by atoms with Gasteiger partial charge in [-0.15, -0.1) is 0 Å². The summed E-state index contributed by atoms with van der Waals surface area (Å²) in [4.78, 5) is 36.1. The third kappa shape index (κ3) is 6.43. The predicted molar refractivity (Wildman–Crippen MR) is 86.2 cm³/mol. The number of amides is 2. The Morgan fingerprint density at radius 2 is 2.04 bits per heavy atom. The zero-order valence-corrected chi connectivity index (χ0v) is 13.5. The van der Waals surface area contributed by atoms with Crippen LogP contribution in [-0.2, 0) is 4.79 Å². The highest BCUT2D eigenvalue weighted by Gasteiger charge is 2.17. The number of non-ortho nitro benzene ring substituents is 1. The molecular weight excluding hydrogens is 300 g/mol. The molecule has 1 unspecified atom stereocenters. The van der Waals surface area contributed by atoms with E-state index in [2.05, 4.69) is 10.6 Å². The molecule has 0 saturated heterocycles. The zero-order valence-electron chi connectivity index (χ0n) is 13.5. The van der Waals surface area contributed by atoms with Gasteiger partial charge in [-0.25, -0.2) is 0 Å². The van der Waals surface area contributed by atoms with Gasteiger partial charge in [0.25, 0.3) is 11.6 Å². The van der Waals surface area contributed by atoms with E-state index in [4.69, 9.17) is 0 Å². The SMILES string of the molecule is CC(NC(=O)c1cccc([N+](=O)[O-])c1)C(=O)NCCCN(C)C. The van der Waals surface area contributed by atoms with Crippen molar-refractivity contribution < 1.29 is 14.5 Å². The van der Waals surface area contributed by atoms with Crippen LogP contribution in [0.4, 0.5) is 5.69 Å². The lowest BCUT2D eigenvalue weighted by atomic mass is 10.1. The predicted octanol–water partition coefficient (Wildman–Crippen LogP) is 0.781. The fourth-order valence-corrected chi connectivity index (χ4v) is 1.87. The van der Waals surface area contributed by atoms with E-state index in [1.54, 1.807) is 6.92 Å². The van der Waals surface area contributed by atoms with Crippen molar-refractivity contribution in [3.05, 3.63) is 39.9 Å². The summed E-state index contributed by atoms with van der Waals surface area (Å²) in [7, 11) is 3.90. The largest absolute Gasteiger partial charge is 0.354 e. The van der Waals surface area contributed by atoms with Crippen molar-refractivity contribution in [1.82, 2.24) is 15.5 Å². The van der Waals surface area contributed by atoms with Crippen LogP contribution in [0.1, 0.15) is 23.7 Å². The maximum Gasteiger partial charge on any atom is 0.270 e. The van der Waals surface area contributed by atoms with Crippen LogP contribution in [0.5, 0.6) is 0 Å². The number of carbonyl (C=O) groups is 2.